The molecule has 150 valence electrons. The third kappa shape index (κ3) is 4.41. The summed E-state index contributed by atoms with van der Waals surface area (Å²) in [5.41, 5.74) is 3.60. The van der Waals surface area contributed by atoms with Gasteiger partial charge >= 0.3 is 0 Å². The molecule has 5 nitrogen and oxygen atoms in total. The Labute approximate surface area is 176 Å². The minimum atomic E-state index is -0.507. The lowest BCUT2D eigenvalue weighted by atomic mass is 10.1. The van der Waals surface area contributed by atoms with E-state index in [2.05, 4.69) is 15.3 Å². The van der Waals surface area contributed by atoms with Gasteiger partial charge in [-0.1, -0.05) is 30.3 Å². The number of benzene rings is 3. The van der Waals surface area contributed by atoms with Gasteiger partial charge in [-0.05, 0) is 43.3 Å². The molecule has 0 aliphatic carbocycles. The van der Waals surface area contributed by atoms with E-state index in [1.54, 1.807) is 12.1 Å². The molecule has 0 fully saturated rings. The molecule has 1 heterocycles. The number of hydrogen-bond acceptors (Lipinski definition) is 4. The lowest BCUT2D eigenvalue weighted by Gasteiger charge is -2.07. The number of amides is 1. The van der Waals surface area contributed by atoms with E-state index in [1.165, 1.54) is 19.1 Å². The number of rotatable bonds is 6. The fourth-order valence-electron chi connectivity index (χ4n) is 3.01. The summed E-state index contributed by atoms with van der Waals surface area (Å²) in [7, 11) is 0. The summed E-state index contributed by atoms with van der Waals surface area (Å²) in [4.78, 5) is 31.8. The summed E-state index contributed by atoms with van der Waals surface area (Å²) in [6.45, 7) is 1.38. The number of H-pyrrole nitrogens is 1. The third-order valence-electron chi connectivity index (χ3n) is 4.51. The number of aromatic nitrogens is 2. The minimum absolute atomic E-state index is 0.0468. The molecular weight excluding hydrogens is 401 g/mol. The lowest BCUT2D eigenvalue weighted by molar-refractivity contribution is -0.113. The molecular formula is C23H18FN3O2S. The van der Waals surface area contributed by atoms with Crippen molar-refractivity contribution in [3.63, 3.8) is 0 Å². The Balaban J connectivity index is 1.42. The Morgan fingerprint density at radius 1 is 1.07 bits per heavy atom. The van der Waals surface area contributed by atoms with E-state index >= 15 is 0 Å². The zero-order chi connectivity index (χ0) is 21.1. The highest BCUT2D eigenvalue weighted by Gasteiger charge is 2.11. The summed E-state index contributed by atoms with van der Waals surface area (Å²) in [5, 5.41) is 2.83. The molecule has 0 unspecified atom stereocenters. The number of anilines is 1. The van der Waals surface area contributed by atoms with Crippen molar-refractivity contribution in [2.75, 3.05) is 11.1 Å². The zero-order valence-corrected chi connectivity index (χ0v) is 16.9. The van der Waals surface area contributed by atoms with Gasteiger partial charge < -0.3 is 10.3 Å². The standard InChI is InChI=1S/C23H18FN3O2S/c1-14(28)15-9-10-21(18(24)12-15)30-13-22(29)25-17-6-4-5-16(11-17)23-26-19-7-2-3-8-20(19)27-23/h2-12H,13H2,1H3,(H,25,29)(H,26,27). The Kier molecular flexibility index (Phi) is 5.63. The molecule has 7 heteroatoms. The number of Topliss-reactive ketones (excluding diaryl/α,β-unsaturated/α-hetero) is 1. The maximum atomic E-state index is 14.1. The van der Waals surface area contributed by atoms with Crippen molar-refractivity contribution in [3.8, 4) is 11.4 Å². The number of nitrogens with zero attached hydrogens (tertiary/aromatic N) is 1. The summed E-state index contributed by atoms with van der Waals surface area (Å²) in [6, 6.07) is 19.4. The molecule has 1 amide bonds. The molecule has 3 aromatic carbocycles. The van der Waals surface area contributed by atoms with Crippen LogP contribution in [0.1, 0.15) is 17.3 Å². The van der Waals surface area contributed by atoms with Crippen LogP contribution in [-0.2, 0) is 4.79 Å². The molecule has 0 aliphatic rings. The van der Waals surface area contributed by atoms with Crippen molar-refractivity contribution in [1.29, 1.82) is 0 Å². The number of aromatic amines is 1. The first-order chi connectivity index (χ1) is 14.5. The predicted molar refractivity (Wildman–Crippen MR) is 117 cm³/mol. The largest absolute Gasteiger partial charge is 0.338 e. The molecule has 4 aromatic rings. The van der Waals surface area contributed by atoms with Crippen LogP contribution in [-0.4, -0.2) is 27.4 Å². The van der Waals surface area contributed by atoms with E-state index in [1.807, 2.05) is 42.5 Å². The predicted octanol–water partition coefficient (Wildman–Crippen LogP) is 5.30. The Hall–Kier alpha value is -3.45. The number of ketones is 1. The zero-order valence-electron chi connectivity index (χ0n) is 16.1. The first kappa shape index (κ1) is 19.8. The number of carbonyl (C=O) groups is 2. The van der Waals surface area contributed by atoms with Crippen molar-refractivity contribution in [1.82, 2.24) is 9.97 Å². The molecule has 0 radical (unpaired) electrons. The van der Waals surface area contributed by atoms with E-state index in [9.17, 15) is 14.0 Å². The van der Waals surface area contributed by atoms with Gasteiger partial charge in [0.05, 0.1) is 16.8 Å². The van der Waals surface area contributed by atoms with Crippen LogP contribution in [0.3, 0.4) is 0 Å². The summed E-state index contributed by atoms with van der Waals surface area (Å²) >= 11 is 1.08. The summed E-state index contributed by atoms with van der Waals surface area (Å²) in [6.07, 6.45) is 0. The SMILES string of the molecule is CC(=O)c1ccc(SCC(=O)Nc2cccc(-c3nc4ccccc4[nH]3)c2)c(F)c1. The van der Waals surface area contributed by atoms with Crippen LogP contribution >= 0.6 is 11.8 Å². The molecule has 0 atom stereocenters. The highest BCUT2D eigenvalue weighted by molar-refractivity contribution is 8.00. The number of hydrogen-bond donors (Lipinski definition) is 2. The van der Waals surface area contributed by atoms with Crippen molar-refractivity contribution < 1.29 is 14.0 Å². The van der Waals surface area contributed by atoms with Crippen LogP contribution in [0.5, 0.6) is 0 Å². The summed E-state index contributed by atoms with van der Waals surface area (Å²) in [5.74, 6) is -0.198. The number of halogens is 1. The fourth-order valence-corrected chi connectivity index (χ4v) is 3.73. The number of imidazole rings is 1. The second kappa shape index (κ2) is 8.51. The Morgan fingerprint density at radius 2 is 1.90 bits per heavy atom. The molecule has 1 aromatic heterocycles. The molecule has 0 saturated heterocycles. The molecule has 0 saturated carbocycles. The summed E-state index contributed by atoms with van der Waals surface area (Å²) < 4.78 is 14.1. The monoisotopic (exact) mass is 419 g/mol. The smallest absolute Gasteiger partial charge is 0.234 e. The molecule has 2 N–H and O–H groups in total. The molecule has 4 rings (SSSR count). The Bertz CT molecular complexity index is 1220. The van der Waals surface area contributed by atoms with Crippen LogP contribution in [0, 0.1) is 5.82 Å². The van der Waals surface area contributed by atoms with Gasteiger partial charge in [0, 0.05) is 21.7 Å². The highest BCUT2D eigenvalue weighted by atomic mass is 32.2. The normalized spacial score (nSPS) is 10.9. The maximum absolute atomic E-state index is 14.1. The number of para-hydroxylation sites is 2. The van der Waals surface area contributed by atoms with Gasteiger partial charge in [0.1, 0.15) is 11.6 Å². The van der Waals surface area contributed by atoms with Gasteiger partial charge in [0.15, 0.2) is 5.78 Å². The third-order valence-corrected chi connectivity index (χ3v) is 5.55. The van der Waals surface area contributed by atoms with Crippen molar-refractivity contribution in [3.05, 3.63) is 78.1 Å². The van der Waals surface area contributed by atoms with Gasteiger partial charge in [0.25, 0.3) is 0 Å². The van der Waals surface area contributed by atoms with Crippen molar-refractivity contribution in [2.45, 2.75) is 11.8 Å². The molecule has 0 spiro atoms. The molecule has 30 heavy (non-hydrogen) atoms. The van der Waals surface area contributed by atoms with Crippen LogP contribution in [0.4, 0.5) is 10.1 Å². The first-order valence-corrected chi connectivity index (χ1v) is 10.3. The topological polar surface area (TPSA) is 74.8 Å². The van der Waals surface area contributed by atoms with Crippen LogP contribution < -0.4 is 5.32 Å². The quantitative estimate of drug-likeness (QED) is 0.328. The van der Waals surface area contributed by atoms with Crippen molar-refractivity contribution in [2.24, 2.45) is 0 Å². The second-order valence-corrected chi connectivity index (χ2v) is 7.74. The number of fused-ring (bicyclic) bond motifs is 1. The Morgan fingerprint density at radius 3 is 2.67 bits per heavy atom. The maximum Gasteiger partial charge on any atom is 0.234 e. The van der Waals surface area contributed by atoms with Gasteiger partial charge in [-0.2, -0.15) is 0 Å². The van der Waals surface area contributed by atoms with E-state index in [4.69, 9.17) is 0 Å². The van der Waals surface area contributed by atoms with Gasteiger partial charge in [-0.15, -0.1) is 11.8 Å². The van der Waals surface area contributed by atoms with Crippen LogP contribution in [0.15, 0.2) is 71.6 Å². The molecule has 0 bridgehead atoms. The second-order valence-electron chi connectivity index (χ2n) is 6.72. The highest BCUT2D eigenvalue weighted by Crippen LogP contribution is 2.25. The first-order valence-electron chi connectivity index (χ1n) is 9.28. The average molecular weight is 419 g/mol. The van der Waals surface area contributed by atoms with Crippen molar-refractivity contribution >= 4 is 40.2 Å². The van der Waals surface area contributed by atoms with E-state index in [-0.39, 0.29) is 17.4 Å². The van der Waals surface area contributed by atoms with Gasteiger partial charge in [-0.25, -0.2) is 9.37 Å². The van der Waals surface area contributed by atoms with Gasteiger partial charge in [-0.3, -0.25) is 9.59 Å². The van der Waals surface area contributed by atoms with Crippen LogP contribution in [0.25, 0.3) is 22.4 Å². The average Bonchev–Trinajstić information content (AvgIpc) is 3.17. The van der Waals surface area contributed by atoms with E-state index < -0.39 is 5.82 Å². The number of nitrogens with one attached hydrogen (secondary N) is 2. The number of thioether (sulfide) groups is 1. The van der Waals surface area contributed by atoms with Crippen LogP contribution in [0.2, 0.25) is 0 Å². The van der Waals surface area contributed by atoms with E-state index in [0.29, 0.717) is 22.0 Å². The molecule has 0 aliphatic heterocycles. The number of carbonyl (C=O) groups excluding carboxylic acids is 2. The lowest BCUT2D eigenvalue weighted by Crippen LogP contribution is -2.14. The van der Waals surface area contributed by atoms with E-state index in [0.717, 1.165) is 28.4 Å². The minimum Gasteiger partial charge on any atom is -0.338 e. The fraction of sp³-hybridized carbons (Fsp3) is 0.0870. The van der Waals surface area contributed by atoms with Gasteiger partial charge in [0.2, 0.25) is 5.91 Å².